The second kappa shape index (κ2) is 4.53. The molecule has 2 N–H and O–H groups in total. The number of carbonyl (C=O) groups is 1. The van der Waals surface area contributed by atoms with Crippen molar-refractivity contribution in [1.82, 2.24) is 0 Å². The first kappa shape index (κ1) is 11.0. The van der Waals surface area contributed by atoms with Gasteiger partial charge in [0.2, 0.25) is 0 Å². The van der Waals surface area contributed by atoms with Crippen LogP contribution >= 0.6 is 0 Å². The van der Waals surface area contributed by atoms with Crippen molar-refractivity contribution in [3.05, 3.63) is 24.3 Å². The third-order valence-corrected chi connectivity index (χ3v) is 2.62. The Hall–Kier alpha value is -1.55. The number of anilines is 1. The van der Waals surface area contributed by atoms with Gasteiger partial charge in [-0.2, -0.15) is 0 Å². The lowest BCUT2D eigenvalue weighted by molar-refractivity contribution is -0.128. The Morgan fingerprint density at radius 2 is 2.19 bits per heavy atom. The molecule has 1 heterocycles. The molecule has 0 fully saturated rings. The number of nitrogens with one attached hydrogen (secondary N) is 1. The second-order valence-corrected chi connectivity index (χ2v) is 3.88. The Bertz CT molecular complexity index is 392. The SMILES string of the molecule is CCC[C@H]1Oc2ccccc2NC(=O)[C@@H]1O. The van der Waals surface area contributed by atoms with Crippen LogP contribution < -0.4 is 10.1 Å². The fourth-order valence-electron chi connectivity index (χ4n) is 1.78. The first-order valence-electron chi connectivity index (χ1n) is 5.47. The Kier molecular flexibility index (Phi) is 3.10. The lowest BCUT2D eigenvalue weighted by Crippen LogP contribution is -2.39. The molecule has 0 spiro atoms. The predicted molar refractivity (Wildman–Crippen MR) is 60.4 cm³/mol. The summed E-state index contributed by atoms with van der Waals surface area (Å²) in [6, 6.07) is 7.20. The average molecular weight is 221 g/mol. The minimum atomic E-state index is -1.10. The van der Waals surface area contributed by atoms with Crippen LogP contribution in [0.2, 0.25) is 0 Å². The number of rotatable bonds is 2. The number of ether oxygens (including phenoxy) is 1. The van der Waals surface area contributed by atoms with Crippen LogP contribution in [0.1, 0.15) is 19.8 Å². The zero-order valence-electron chi connectivity index (χ0n) is 9.14. The van der Waals surface area contributed by atoms with Crippen molar-refractivity contribution in [2.24, 2.45) is 0 Å². The monoisotopic (exact) mass is 221 g/mol. The topological polar surface area (TPSA) is 58.6 Å². The maximum Gasteiger partial charge on any atom is 0.257 e. The minimum Gasteiger partial charge on any atom is -0.485 e. The Morgan fingerprint density at radius 3 is 2.94 bits per heavy atom. The number of hydrogen-bond acceptors (Lipinski definition) is 3. The van der Waals surface area contributed by atoms with E-state index in [0.29, 0.717) is 17.9 Å². The summed E-state index contributed by atoms with van der Waals surface area (Å²) in [4.78, 5) is 11.6. The molecule has 0 radical (unpaired) electrons. The van der Waals surface area contributed by atoms with Gasteiger partial charge in [0.1, 0.15) is 11.9 Å². The Morgan fingerprint density at radius 1 is 1.44 bits per heavy atom. The highest BCUT2D eigenvalue weighted by Gasteiger charge is 2.31. The van der Waals surface area contributed by atoms with Gasteiger partial charge in [-0.3, -0.25) is 4.79 Å². The summed E-state index contributed by atoms with van der Waals surface area (Å²) < 4.78 is 5.65. The molecule has 4 nitrogen and oxygen atoms in total. The van der Waals surface area contributed by atoms with Crippen LogP contribution in [0.4, 0.5) is 5.69 Å². The van der Waals surface area contributed by atoms with Gasteiger partial charge in [-0.25, -0.2) is 0 Å². The van der Waals surface area contributed by atoms with Crippen LogP contribution in [-0.2, 0) is 4.79 Å². The minimum absolute atomic E-state index is 0.400. The van der Waals surface area contributed by atoms with Gasteiger partial charge in [-0.05, 0) is 18.6 Å². The Balaban J connectivity index is 2.30. The number of para-hydroxylation sites is 2. The van der Waals surface area contributed by atoms with Crippen molar-refractivity contribution < 1.29 is 14.6 Å². The normalized spacial score (nSPS) is 24.0. The highest BCUT2D eigenvalue weighted by molar-refractivity contribution is 5.96. The molecular formula is C12H15NO3. The molecule has 0 aromatic heterocycles. The third kappa shape index (κ3) is 2.02. The molecule has 4 heteroatoms. The lowest BCUT2D eigenvalue weighted by atomic mass is 10.1. The second-order valence-electron chi connectivity index (χ2n) is 3.88. The molecule has 2 atom stereocenters. The molecule has 2 rings (SSSR count). The molecule has 86 valence electrons. The number of carbonyl (C=O) groups excluding carboxylic acids is 1. The van der Waals surface area contributed by atoms with Crippen LogP contribution in [0.15, 0.2) is 24.3 Å². The molecule has 1 aliphatic rings. The van der Waals surface area contributed by atoms with E-state index >= 15 is 0 Å². The van der Waals surface area contributed by atoms with Crippen LogP contribution in [0.5, 0.6) is 5.75 Å². The number of benzene rings is 1. The summed E-state index contributed by atoms with van der Waals surface area (Å²) in [6.45, 7) is 1.99. The van der Waals surface area contributed by atoms with Gasteiger partial charge in [0, 0.05) is 0 Å². The molecule has 16 heavy (non-hydrogen) atoms. The summed E-state index contributed by atoms with van der Waals surface area (Å²) in [5.74, 6) is 0.217. The number of aliphatic hydroxyl groups excluding tert-OH is 1. The zero-order chi connectivity index (χ0) is 11.5. The van der Waals surface area contributed by atoms with E-state index in [0.717, 1.165) is 6.42 Å². The predicted octanol–water partition coefficient (Wildman–Crippen LogP) is 1.55. The third-order valence-electron chi connectivity index (χ3n) is 2.62. The van der Waals surface area contributed by atoms with E-state index in [1.54, 1.807) is 12.1 Å². The van der Waals surface area contributed by atoms with Crippen LogP contribution in [-0.4, -0.2) is 23.2 Å². The summed E-state index contributed by atoms with van der Waals surface area (Å²) in [6.07, 6.45) is -0.0545. The van der Waals surface area contributed by atoms with Gasteiger partial charge < -0.3 is 15.2 Å². The van der Waals surface area contributed by atoms with Gasteiger partial charge in [0.25, 0.3) is 5.91 Å². The molecule has 1 amide bonds. The summed E-state index contributed by atoms with van der Waals surface area (Å²) in [5, 5.41) is 12.4. The molecule has 1 aromatic rings. The summed E-state index contributed by atoms with van der Waals surface area (Å²) in [7, 11) is 0. The zero-order valence-corrected chi connectivity index (χ0v) is 9.14. The molecule has 0 bridgehead atoms. The van der Waals surface area contributed by atoms with Crippen molar-refractivity contribution in [1.29, 1.82) is 0 Å². The van der Waals surface area contributed by atoms with E-state index in [4.69, 9.17) is 4.74 Å². The van der Waals surface area contributed by atoms with E-state index in [9.17, 15) is 9.90 Å². The van der Waals surface area contributed by atoms with Crippen molar-refractivity contribution in [3.8, 4) is 5.75 Å². The largest absolute Gasteiger partial charge is 0.485 e. The van der Waals surface area contributed by atoms with Gasteiger partial charge in [-0.15, -0.1) is 0 Å². The van der Waals surface area contributed by atoms with Crippen molar-refractivity contribution in [3.63, 3.8) is 0 Å². The van der Waals surface area contributed by atoms with Gasteiger partial charge in [-0.1, -0.05) is 25.5 Å². The first-order valence-corrected chi connectivity index (χ1v) is 5.47. The maximum atomic E-state index is 11.6. The number of amides is 1. The molecule has 0 unspecified atom stereocenters. The number of aliphatic hydroxyl groups is 1. The molecule has 0 saturated heterocycles. The van der Waals surface area contributed by atoms with E-state index in [2.05, 4.69) is 5.32 Å². The van der Waals surface area contributed by atoms with E-state index in [1.165, 1.54) is 0 Å². The Labute approximate surface area is 94.2 Å². The van der Waals surface area contributed by atoms with Crippen molar-refractivity contribution >= 4 is 11.6 Å². The number of hydrogen-bond donors (Lipinski definition) is 2. The molecular weight excluding hydrogens is 206 g/mol. The van der Waals surface area contributed by atoms with Gasteiger partial charge in [0.05, 0.1) is 5.69 Å². The highest BCUT2D eigenvalue weighted by atomic mass is 16.5. The summed E-state index contributed by atoms with van der Waals surface area (Å²) >= 11 is 0. The highest BCUT2D eigenvalue weighted by Crippen LogP contribution is 2.29. The fraction of sp³-hybridized carbons (Fsp3) is 0.417. The molecule has 0 aliphatic carbocycles. The summed E-state index contributed by atoms with van der Waals surface area (Å²) in [5.41, 5.74) is 0.616. The quantitative estimate of drug-likeness (QED) is 0.796. The smallest absolute Gasteiger partial charge is 0.257 e. The van der Waals surface area contributed by atoms with Crippen LogP contribution in [0, 0.1) is 0 Å². The molecule has 1 aromatic carbocycles. The first-order chi connectivity index (χ1) is 7.72. The molecule has 1 aliphatic heterocycles. The van der Waals surface area contributed by atoms with Crippen LogP contribution in [0.25, 0.3) is 0 Å². The van der Waals surface area contributed by atoms with E-state index in [-0.39, 0.29) is 0 Å². The van der Waals surface area contributed by atoms with E-state index < -0.39 is 18.1 Å². The van der Waals surface area contributed by atoms with Gasteiger partial charge >= 0.3 is 0 Å². The average Bonchev–Trinajstić information content (AvgIpc) is 2.40. The molecule has 0 saturated carbocycles. The van der Waals surface area contributed by atoms with Gasteiger partial charge in [0.15, 0.2) is 6.10 Å². The maximum absolute atomic E-state index is 11.6. The van der Waals surface area contributed by atoms with Crippen LogP contribution in [0.3, 0.4) is 0 Å². The fourth-order valence-corrected chi connectivity index (χ4v) is 1.78. The van der Waals surface area contributed by atoms with Crippen molar-refractivity contribution in [2.45, 2.75) is 32.0 Å². The number of fused-ring (bicyclic) bond motifs is 1. The van der Waals surface area contributed by atoms with Crippen molar-refractivity contribution in [2.75, 3.05) is 5.32 Å². The lowest BCUT2D eigenvalue weighted by Gasteiger charge is -2.19. The van der Waals surface area contributed by atoms with E-state index in [1.807, 2.05) is 19.1 Å². The standard InChI is InChI=1S/C12H15NO3/c1-2-5-10-11(14)12(15)13-8-6-3-4-7-9(8)16-10/h3-4,6-7,10-11,14H,2,5H2,1H3,(H,13,15)/t10-,11-/m1/s1.